The SMILES string of the molecule is CN(C[C@@H]1CCCN2CCCC[C@H]12)C(=O)CN1C(=O)c2ccccc2N2C(=O)c3ccccc3C12. The van der Waals surface area contributed by atoms with Gasteiger partial charge >= 0.3 is 0 Å². The summed E-state index contributed by atoms with van der Waals surface area (Å²) in [6, 6.07) is 15.2. The lowest BCUT2D eigenvalue weighted by molar-refractivity contribution is -0.132. The molecule has 0 N–H and O–H groups in total. The van der Waals surface area contributed by atoms with Gasteiger partial charge in [0.2, 0.25) is 5.91 Å². The molecular formula is C28H32N4O3. The summed E-state index contributed by atoms with van der Waals surface area (Å²) in [4.78, 5) is 48.2. The van der Waals surface area contributed by atoms with E-state index in [9.17, 15) is 14.4 Å². The highest BCUT2D eigenvalue weighted by molar-refractivity contribution is 6.17. The van der Waals surface area contributed by atoms with Crippen LogP contribution in [0.1, 0.15) is 64.5 Å². The lowest BCUT2D eigenvalue weighted by Crippen LogP contribution is -2.54. The van der Waals surface area contributed by atoms with Crippen LogP contribution in [-0.4, -0.2) is 71.7 Å². The van der Waals surface area contributed by atoms with Crippen molar-refractivity contribution in [2.45, 2.75) is 44.3 Å². The number of rotatable bonds is 4. The second-order valence-corrected chi connectivity index (χ2v) is 10.4. The first kappa shape index (κ1) is 22.3. The topological polar surface area (TPSA) is 64.2 Å². The molecule has 2 fully saturated rings. The van der Waals surface area contributed by atoms with Gasteiger partial charge in [-0.3, -0.25) is 19.3 Å². The maximum atomic E-state index is 13.6. The number of amides is 3. The standard InChI is InChI=1S/C28H32N4O3/c1-29(17-19-9-8-16-30-15-7-6-13-23(19)30)25(33)18-31-26-20-10-2-3-11-21(20)28(35)32(26)24-14-5-4-12-22(24)27(31)34/h2-5,10-12,14,19,23,26H,6-9,13,15-18H2,1H3/t19-,23+,26?/m0/s1. The van der Waals surface area contributed by atoms with Crippen molar-refractivity contribution in [2.24, 2.45) is 5.92 Å². The predicted octanol–water partition coefficient (Wildman–Crippen LogP) is 3.52. The fourth-order valence-corrected chi connectivity index (χ4v) is 6.64. The summed E-state index contributed by atoms with van der Waals surface area (Å²) < 4.78 is 0. The van der Waals surface area contributed by atoms with E-state index in [0.717, 1.165) is 12.0 Å². The Morgan fingerprint density at radius 1 is 0.914 bits per heavy atom. The minimum atomic E-state index is -0.595. The zero-order chi connectivity index (χ0) is 24.1. The number of hydrogen-bond donors (Lipinski definition) is 0. The van der Waals surface area contributed by atoms with Crippen molar-refractivity contribution in [3.05, 3.63) is 65.2 Å². The smallest absolute Gasteiger partial charge is 0.260 e. The first-order valence-electron chi connectivity index (χ1n) is 12.8. The van der Waals surface area contributed by atoms with Crippen molar-refractivity contribution in [1.29, 1.82) is 0 Å². The monoisotopic (exact) mass is 472 g/mol. The zero-order valence-corrected chi connectivity index (χ0v) is 20.2. The number of likely N-dealkylation sites (N-methyl/N-ethyl adjacent to an activating group) is 1. The Labute approximate surface area is 206 Å². The highest BCUT2D eigenvalue weighted by Crippen LogP contribution is 2.45. The van der Waals surface area contributed by atoms with Gasteiger partial charge in [-0.2, -0.15) is 0 Å². The van der Waals surface area contributed by atoms with Gasteiger partial charge in [-0.1, -0.05) is 36.8 Å². The number of benzene rings is 2. The van der Waals surface area contributed by atoms with E-state index in [-0.39, 0.29) is 24.3 Å². The highest BCUT2D eigenvalue weighted by Gasteiger charge is 2.48. The summed E-state index contributed by atoms with van der Waals surface area (Å²) in [7, 11) is 1.86. The average molecular weight is 473 g/mol. The molecule has 1 unspecified atom stereocenters. The average Bonchev–Trinajstić information content (AvgIpc) is 3.19. The summed E-state index contributed by atoms with van der Waals surface area (Å²) >= 11 is 0. The molecule has 6 rings (SSSR count). The number of piperidine rings is 2. The van der Waals surface area contributed by atoms with Crippen molar-refractivity contribution in [1.82, 2.24) is 14.7 Å². The normalized spacial score (nSPS) is 25.6. The number of hydrogen-bond acceptors (Lipinski definition) is 4. The Balaban J connectivity index is 1.26. The molecule has 2 aromatic carbocycles. The van der Waals surface area contributed by atoms with Crippen molar-refractivity contribution >= 4 is 23.4 Å². The van der Waals surface area contributed by atoms with Crippen LogP contribution in [0.25, 0.3) is 0 Å². The van der Waals surface area contributed by atoms with Crippen molar-refractivity contribution in [3.63, 3.8) is 0 Å². The molecule has 182 valence electrons. The number of carbonyl (C=O) groups is 3. The van der Waals surface area contributed by atoms with Crippen LogP contribution in [0.2, 0.25) is 0 Å². The van der Waals surface area contributed by atoms with E-state index in [4.69, 9.17) is 0 Å². The molecule has 0 spiro atoms. The third-order valence-electron chi connectivity index (χ3n) is 8.35. The maximum Gasteiger partial charge on any atom is 0.260 e. The molecule has 0 radical (unpaired) electrons. The van der Waals surface area contributed by atoms with Crippen LogP contribution in [0.4, 0.5) is 5.69 Å². The number of fused-ring (bicyclic) bond motifs is 6. The van der Waals surface area contributed by atoms with Crippen LogP contribution in [0, 0.1) is 5.92 Å². The van der Waals surface area contributed by atoms with Gasteiger partial charge in [-0.15, -0.1) is 0 Å². The molecular weight excluding hydrogens is 440 g/mol. The van der Waals surface area contributed by atoms with Crippen LogP contribution in [0.5, 0.6) is 0 Å². The molecule has 7 nitrogen and oxygen atoms in total. The highest BCUT2D eigenvalue weighted by atomic mass is 16.2. The van der Waals surface area contributed by atoms with Gasteiger partial charge in [0.1, 0.15) is 12.7 Å². The van der Waals surface area contributed by atoms with Crippen LogP contribution >= 0.6 is 0 Å². The summed E-state index contributed by atoms with van der Waals surface area (Å²) in [5, 5.41) is 0. The Hall–Kier alpha value is -3.19. The molecule has 2 aromatic rings. The second-order valence-electron chi connectivity index (χ2n) is 10.4. The number of carbonyl (C=O) groups excluding carboxylic acids is 3. The van der Waals surface area contributed by atoms with Crippen LogP contribution < -0.4 is 4.90 Å². The van der Waals surface area contributed by atoms with E-state index < -0.39 is 6.17 Å². The van der Waals surface area contributed by atoms with Gasteiger partial charge < -0.3 is 14.7 Å². The van der Waals surface area contributed by atoms with Gasteiger partial charge in [-0.05, 0) is 62.9 Å². The van der Waals surface area contributed by atoms with Crippen molar-refractivity contribution in [2.75, 3.05) is 38.1 Å². The largest absolute Gasteiger partial charge is 0.344 e. The first-order valence-corrected chi connectivity index (χ1v) is 12.8. The van der Waals surface area contributed by atoms with Crippen LogP contribution in [0.3, 0.4) is 0 Å². The minimum Gasteiger partial charge on any atom is -0.344 e. The summed E-state index contributed by atoms with van der Waals surface area (Å²) in [6.07, 6.45) is 5.48. The number of nitrogens with zero attached hydrogens (tertiary/aromatic N) is 4. The quantitative estimate of drug-likeness (QED) is 0.683. The third kappa shape index (κ3) is 3.64. The maximum absolute atomic E-state index is 13.6. The zero-order valence-electron chi connectivity index (χ0n) is 20.2. The lowest BCUT2D eigenvalue weighted by Gasteiger charge is -2.45. The fraction of sp³-hybridized carbons (Fsp3) is 0.464. The molecule has 4 heterocycles. The molecule has 2 saturated heterocycles. The molecule has 0 aliphatic carbocycles. The molecule has 0 saturated carbocycles. The molecule has 7 heteroatoms. The first-order chi connectivity index (χ1) is 17.0. The molecule has 0 aromatic heterocycles. The van der Waals surface area contributed by atoms with Gasteiger partial charge in [0.25, 0.3) is 11.8 Å². The van der Waals surface area contributed by atoms with E-state index in [1.54, 1.807) is 28.0 Å². The van der Waals surface area contributed by atoms with Crippen molar-refractivity contribution < 1.29 is 14.4 Å². The molecule has 4 aliphatic rings. The van der Waals surface area contributed by atoms with Crippen LogP contribution in [-0.2, 0) is 4.79 Å². The van der Waals surface area contributed by atoms with E-state index in [1.165, 1.54) is 38.8 Å². The summed E-state index contributed by atoms with van der Waals surface area (Å²) in [5.41, 5.74) is 2.44. The fourth-order valence-electron chi connectivity index (χ4n) is 6.64. The Morgan fingerprint density at radius 2 is 1.66 bits per heavy atom. The second kappa shape index (κ2) is 8.79. The predicted molar refractivity (Wildman–Crippen MR) is 133 cm³/mol. The van der Waals surface area contributed by atoms with Gasteiger partial charge in [-0.25, -0.2) is 0 Å². The Bertz CT molecular complexity index is 1180. The summed E-state index contributed by atoms with van der Waals surface area (Å²) in [5.74, 6) is 0.0590. The molecule has 0 bridgehead atoms. The Morgan fingerprint density at radius 3 is 2.51 bits per heavy atom. The van der Waals surface area contributed by atoms with Gasteiger partial charge in [0.05, 0.1) is 11.3 Å². The van der Waals surface area contributed by atoms with Crippen molar-refractivity contribution in [3.8, 4) is 0 Å². The molecule has 4 aliphatic heterocycles. The van der Waals surface area contributed by atoms with Crippen LogP contribution in [0.15, 0.2) is 48.5 Å². The number of para-hydroxylation sites is 1. The minimum absolute atomic E-state index is 0.0481. The third-order valence-corrected chi connectivity index (χ3v) is 8.35. The number of anilines is 1. The Kier molecular flexibility index (Phi) is 5.60. The van der Waals surface area contributed by atoms with Gasteiger partial charge in [0.15, 0.2) is 0 Å². The summed E-state index contributed by atoms with van der Waals surface area (Å²) in [6.45, 7) is 3.01. The van der Waals surface area contributed by atoms with E-state index >= 15 is 0 Å². The lowest BCUT2D eigenvalue weighted by atomic mass is 9.83. The van der Waals surface area contributed by atoms with E-state index in [1.807, 2.05) is 42.3 Å². The van der Waals surface area contributed by atoms with E-state index in [2.05, 4.69) is 4.90 Å². The molecule has 3 atom stereocenters. The van der Waals surface area contributed by atoms with E-state index in [0.29, 0.717) is 35.3 Å². The van der Waals surface area contributed by atoms with Gasteiger partial charge in [0, 0.05) is 30.8 Å². The molecule has 3 amide bonds. The molecule has 35 heavy (non-hydrogen) atoms.